The molecule has 2 aromatic carbocycles. The summed E-state index contributed by atoms with van der Waals surface area (Å²) in [6.45, 7) is 5.79. The predicted octanol–water partition coefficient (Wildman–Crippen LogP) is 3.87. The van der Waals surface area contributed by atoms with E-state index in [2.05, 4.69) is 9.71 Å². The van der Waals surface area contributed by atoms with Gasteiger partial charge in [-0.3, -0.25) is 0 Å². The van der Waals surface area contributed by atoms with Crippen molar-refractivity contribution in [2.24, 2.45) is 0 Å². The van der Waals surface area contributed by atoms with E-state index in [4.69, 9.17) is 0 Å². The Bertz CT molecular complexity index is 1020. The van der Waals surface area contributed by atoms with Gasteiger partial charge in [0, 0.05) is 29.1 Å². The molecule has 0 radical (unpaired) electrons. The molecular formula is C19H21FN2O2S. The Morgan fingerprint density at radius 2 is 1.88 bits per heavy atom. The second-order valence-corrected chi connectivity index (χ2v) is 8.60. The molecule has 2 N–H and O–H groups in total. The van der Waals surface area contributed by atoms with Crippen LogP contribution in [0, 0.1) is 12.7 Å². The van der Waals surface area contributed by atoms with Gasteiger partial charge in [0.15, 0.2) is 0 Å². The number of aryl methyl sites for hydroxylation is 1. The molecule has 132 valence electrons. The van der Waals surface area contributed by atoms with Crippen LogP contribution in [0.25, 0.3) is 10.9 Å². The zero-order valence-electron chi connectivity index (χ0n) is 14.4. The number of halogens is 1. The summed E-state index contributed by atoms with van der Waals surface area (Å²) in [6, 6.07) is 11.6. The van der Waals surface area contributed by atoms with Crippen molar-refractivity contribution in [2.45, 2.75) is 31.1 Å². The fourth-order valence-corrected chi connectivity index (χ4v) is 4.43. The molecule has 4 nitrogen and oxygen atoms in total. The van der Waals surface area contributed by atoms with Crippen molar-refractivity contribution < 1.29 is 12.8 Å². The van der Waals surface area contributed by atoms with Crippen molar-refractivity contribution in [1.82, 2.24) is 9.71 Å². The Labute approximate surface area is 147 Å². The van der Waals surface area contributed by atoms with Crippen LogP contribution in [0.3, 0.4) is 0 Å². The Balaban J connectivity index is 1.86. The lowest BCUT2D eigenvalue weighted by atomic mass is 9.85. The number of benzene rings is 2. The van der Waals surface area contributed by atoms with E-state index in [1.54, 1.807) is 6.92 Å². The van der Waals surface area contributed by atoms with Gasteiger partial charge in [0.2, 0.25) is 10.0 Å². The van der Waals surface area contributed by atoms with Crippen LogP contribution in [0.2, 0.25) is 0 Å². The van der Waals surface area contributed by atoms with Crippen LogP contribution in [0.15, 0.2) is 53.6 Å². The summed E-state index contributed by atoms with van der Waals surface area (Å²) in [4.78, 5) is 3.32. The normalized spacial score (nSPS) is 12.6. The number of aromatic nitrogens is 1. The van der Waals surface area contributed by atoms with Crippen LogP contribution < -0.4 is 4.72 Å². The minimum atomic E-state index is -3.71. The quantitative estimate of drug-likeness (QED) is 0.725. The van der Waals surface area contributed by atoms with Crippen molar-refractivity contribution in [1.29, 1.82) is 0 Å². The molecule has 0 saturated heterocycles. The first kappa shape index (κ1) is 17.6. The number of nitrogens with one attached hydrogen (secondary N) is 2. The van der Waals surface area contributed by atoms with Crippen LogP contribution in [0.1, 0.15) is 25.0 Å². The van der Waals surface area contributed by atoms with Gasteiger partial charge in [-0.05, 0) is 42.3 Å². The molecule has 0 spiro atoms. The smallest absolute Gasteiger partial charge is 0.240 e. The molecule has 25 heavy (non-hydrogen) atoms. The van der Waals surface area contributed by atoms with Crippen LogP contribution >= 0.6 is 0 Å². The zero-order chi connectivity index (χ0) is 18.2. The SMILES string of the molecule is Cc1cc(F)ccc1S(=O)(=O)NCC(C)(C)c1c[nH]c2ccccc12. The van der Waals surface area contributed by atoms with E-state index >= 15 is 0 Å². The van der Waals surface area contributed by atoms with Gasteiger partial charge in [-0.15, -0.1) is 0 Å². The molecule has 3 rings (SSSR count). The summed E-state index contributed by atoms with van der Waals surface area (Å²) in [5.41, 5.74) is 2.03. The van der Waals surface area contributed by atoms with E-state index in [9.17, 15) is 12.8 Å². The highest BCUT2D eigenvalue weighted by molar-refractivity contribution is 7.89. The summed E-state index contributed by atoms with van der Waals surface area (Å²) in [6.07, 6.45) is 1.92. The minimum absolute atomic E-state index is 0.101. The molecule has 0 unspecified atom stereocenters. The van der Waals surface area contributed by atoms with E-state index < -0.39 is 21.3 Å². The van der Waals surface area contributed by atoms with Gasteiger partial charge in [-0.2, -0.15) is 0 Å². The molecule has 1 aromatic heterocycles. The number of rotatable bonds is 5. The standard InChI is InChI=1S/C19H21FN2O2S/c1-13-10-14(20)8-9-18(13)25(23,24)22-12-19(2,3)16-11-21-17-7-5-4-6-15(16)17/h4-11,21-22H,12H2,1-3H3. The number of hydrogen-bond acceptors (Lipinski definition) is 2. The molecule has 6 heteroatoms. The number of aromatic amines is 1. The highest BCUT2D eigenvalue weighted by Gasteiger charge is 2.27. The van der Waals surface area contributed by atoms with E-state index in [1.807, 2.05) is 44.3 Å². The number of sulfonamides is 1. The highest BCUT2D eigenvalue weighted by Crippen LogP contribution is 2.30. The van der Waals surface area contributed by atoms with E-state index in [1.165, 1.54) is 12.1 Å². The molecule has 0 fully saturated rings. The lowest BCUT2D eigenvalue weighted by Crippen LogP contribution is -2.36. The minimum Gasteiger partial charge on any atom is -0.361 e. The Morgan fingerprint density at radius 1 is 1.16 bits per heavy atom. The Hall–Kier alpha value is -2.18. The summed E-state index contributed by atoms with van der Waals surface area (Å²) >= 11 is 0. The largest absolute Gasteiger partial charge is 0.361 e. The first-order chi connectivity index (χ1) is 11.7. The monoisotopic (exact) mass is 360 g/mol. The zero-order valence-corrected chi connectivity index (χ0v) is 15.2. The summed E-state index contributed by atoms with van der Waals surface area (Å²) in [5, 5.41) is 1.07. The average Bonchev–Trinajstić information content (AvgIpc) is 2.98. The van der Waals surface area contributed by atoms with Crippen LogP contribution in [0.4, 0.5) is 4.39 Å². The molecular weight excluding hydrogens is 339 g/mol. The fourth-order valence-electron chi connectivity index (χ4n) is 2.99. The van der Waals surface area contributed by atoms with Gasteiger partial charge >= 0.3 is 0 Å². The molecule has 0 aliphatic carbocycles. The summed E-state index contributed by atoms with van der Waals surface area (Å²) in [5.74, 6) is -0.449. The van der Waals surface area contributed by atoms with Gasteiger partial charge in [0.25, 0.3) is 0 Å². The third kappa shape index (κ3) is 3.45. The Morgan fingerprint density at radius 3 is 2.60 bits per heavy atom. The second-order valence-electron chi connectivity index (χ2n) is 6.87. The average molecular weight is 360 g/mol. The molecule has 1 heterocycles. The maximum absolute atomic E-state index is 13.2. The third-order valence-corrected chi connectivity index (χ3v) is 6.01. The number of hydrogen-bond donors (Lipinski definition) is 2. The highest BCUT2D eigenvalue weighted by atomic mass is 32.2. The van der Waals surface area contributed by atoms with Gasteiger partial charge in [0.05, 0.1) is 4.90 Å². The molecule has 0 amide bonds. The second kappa shape index (κ2) is 6.28. The lowest BCUT2D eigenvalue weighted by molar-refractivity contribution is 0.504. The van der Waals surface area contributed by atoms with Crippen molar-refractivity contribution in [3.63, 3.8) is 0 Å². The van der Waals surface area contributed by atoms with Crippen LogP contribution in [-0.2, 0) is 15.4 Å². The van der Waals surface area contributed by atoms with Crippen molar-refractivity contribution in [3.8, 4) is 0 Å². The van der Waals surface area contributed by atoms with Crippen LogP contribution in [0.5, 0.6) is 0 Å². The summed E-state index contributed by atoms with van der Waals surface area (Å²) < 4.78 is 41.1. The topological polar surface area (TPSA) is 62.0 Å². The maximum Gasteiger partial charge on any atom is 0.240 e. The molecule has 0 bridgehead atoms. The molecule has 0 atom stereocenters. The molecule has 0 aliphatic heterocycles. The predicted molar refractivity (Wildman–Crippen MR) is 97.7 cm³/mol. The van der Waals surface area contributed by atoms with Gasteiger partial charge in [-0.25, -0.2) is 17.5 Å². The van der Waals surface area contributed by atoms with Crippen molar-refractivity contribution >= 4 is 20.9 Å². The van der Waals surface area contributed by atoms with Gasteiger partial charge in [0.1, 0.15) is 5.82 Å². The molecule has 0 saturated carbocycles. The first-order valence-electron chi connectivity index (χ1n) is 8.03. The fraction of sp³-hybridized carbons (Fsp3) is 0.263. The first-order valence-corrected chi connectivity index (χ1v) is 9.51. The number of fused-ring (bicyclic) bond motifs is 1. The third-order valence-electron chi connectivity index (χ3n) is 4.45. The summed E-state index contributed by atoms with van der Waals surface area (Å²) in [7, 11) is -3.71. The number of H-pyrrole nitrogens is 1. The Kier molecular flexibility index (Phi) is 4.43. The van der Waals surface area contributed by atoms with Crippen LogP contribution in [-0.4, -0.2) is 19.9 Å². The molecule has 3 aromatic rings. The molecule has 0 aliphatic rings. The maximum atomic E-state index is 13.2. The van der Waals surface area contributed by atoms with E-state index in [0.29, 0.717) is 5.56 Å². The van der Waals surface area contributed by atoms with Crippen molar-refractivity contribution in [2.75, 3.05) is 6.54 Å². The van der Waals surface area contributed by atoms with Gasteiger partial charge < -0.3 is 4.98 Å². The van der Waals surface area contributed by atoms with E-state index in [-0.39, 0.29) is 11.4 Å². The van der Waals surface area contributed by atoms with Gasteiger partial charge in [-0.1, -0.05) is 32.0 Å². The lowest BCUT2D eigenvalue weighted by Gasteiger charge is -2.25. The number of para-hydroxylation sites is 1. The van der Waals surface area contributed by atoms with E-state index in [0.717, 1.165) is 22.5 Å². The van der Waals surface area contributed by atoms with Crippen molar-refractivity contribution in [3.05, 3.63) is 65.6 Å².